The molecule has 0 radical (unpaired) electrons. The van der Waals surface area contributed by atoms with Gasteiger partial charge in [0.15, 0.2) is 6.10 Å². The minimum absolute atomic E-state index is 0.118. The molecule has 2 aliphatic rings. The van der Waals surface area contributed by atoms with Gasteiger partial charge in [-0.05, 0) is 30.0 Å². The lowest BCUT2D eigenvalue weighted by atomic mass is 9.92. The molecule has 0 unspecified atom stereocenters. The molecule has 19 heavy (non-hydrogen) atoms. The summed E-state index contributed by atoms with van der Waals surface area (Å²) in [7, 11) is 0. The smallest absolute Gasteiger partial charge is 0.161 e. The monoisotopic (exact) mass is 249 g/mol. The van der Waals surface area contributed by atoms with Gasteiger partial charge in [0.25, 0.3) is 0 Å². The molecular weight excluding hydrogens is 234 g/mol. The van der Waals surface area contributed by atoms with Crippen LogP contribution >= 0.6 is 0 Å². The van der Waals surface area contributed by atoms with Crippen LogP contribution in [0.3, 0.4) is 0 Å². The molecule has 2 atom stereocenters. The van der Waals surface area contributed by atoms with Gasteiger partial charge in [0.05, 0.1) is 11.6 Å². The van der Waals surface area contributed by atoms with Crippen LogP contribution in [0.1, 0.15) is 28.4 Å². The van der Waals surface area contributed by atoms with Gasteiger partial charge < -0.3 is 4.84 Å². The third-order valence-corrected chi connectivity index (χ3v) is 4.13. The Morgan fingerprint density at radius 1 is 1.05 bits per heavy atom. The van der Waals surface area contributed by atoms with Gasteiger partial charge in [-0.15, -0.1) is 0 Å². The molecule has 94 valence electrons. The van der Waals surface area contributed by atoms with E-state index in [9.17, 15) is 0 Å². The van der Waals surface area contributed by atoms with E-state index in [1.54, 1.807) is 0 Å². The summed E-state index contributed by atoms with van der Waals surface area (Å²) in [6, 6.07) is 17.1. The van der Waals surface area contributed by atoms with Gasteiger partial charge in [-0.25, -0.2) is 0 Å². The van der Waals surface area contributed by atoms with E-state index < -0.39 is 0 Å². The molecule has 0 spiro atoms. The molecule has 1 aliphatic carbocycles. The Morgan fingerprint density at radius 3 is 2.68 bits per heavy atom. The van der Waals surface area contributed by atoms with Crippen molar-refractivity contribution in [3.8, 4) is 0 Å². The average molecular weight is 249 g/mol. The van der Waals surface area contributed by atoms with Gasteiger partial charge in [0.2, 0.25) is 0 Å². The lowest BCUT2D eigenvalue weighted by Crippen LogP contribution is -2.14. The highest BCUT2D eigenvalue weighted by Gasteiger charge is 2.42. The van der Waals surface area contributed by atoms with Gasteiger partial charge in [-0.1, -0.05) is 59.3 Å². The molecule has 2 nitrogen and oxygen atoms in total. The third-order valence-electron chi connectivity index (χ3n) is 4.13. The summed E-state index contributed by atoms with van der Waals surface area (Å²) in [5.41, 5.74) is 6.26. The van der Waals surface area contributed by atoms with Gasteiger partial charge in [-0.3, -0.25) is 0 Å². The van der Waals surface area contributed by atoms with Crippen LogP contribution in [0.15, 0.2) is 53.7 Å². The zero-order valence-electron chi connectivity index (χ0n) is 10.8. The number of hydrogen-bond donors (Lipinski definition) is 0. The first-order chi connectivity index (χ1) is 9.33. The number of rotatable bonds is 1. The summed E-state index contributed by atoms with van der Waals surface area (Å²) in [6.07, 6.45) is 1.15. The molecule has 0 bridgehead atoms. The van der Waals surface area contributed by atoms with Crippen molar-refractivity contribution in [1.29, 1.82) is 0 Å². The van der Waals surface area contributed by atoms with E-state index in [-0.39, 0.29) is 6.10 Å². The number of fused-ring (bicyclic) bond motifs is 3. The van der Waals surface area contributed by atoms with Crippen molar-refractivity contribution in [3.63, 3.8) is 0 Å². The number of benzene rings is 2. The van der Waals surface area contributed by atoms with Crippen LogP contribution in [0.4, 0.5) is 0 Å². The Morgan fingerprint density at radius 2 is 1.84 bits per heavy atom. The number of hydrogen-bond acceptors (Lipinski definition) is 2. The van der Waals surface area contributed by atoms with E-state index >= 15 is 0 Å². The molecule has 0 saturated carbocycles. The molecule has 2 aromatic carbocycles. The molecule has 1 aliphatic heterocycles. The van der Waals surface area contributed by atoms with Crippen LogP contribution in [0.5, 0.6) is 0 Å². The van der Waals surface area contributed by atoms with Crippen molar-refractivity contribution in [1.82, 2.24) is 0 Å². The first-order valence-corrected chi connectivity index (χ1v) is 6.71. The zero-order valence-corrected chi connectivity index (χ0v) is 10.8. The Labute approximate surface area is 112 Å². The Bertz CT molecular complexity index is 657. The number of aryl methyl sites for hydroxylation is 1. The quantitative estimate of drug-likeness (QED) is 0.756. The number of oxime groups is 1. The van der Waals surface area contributed by atoms with Crippen molar-refractivity contribution < 1.29 is 4.84 Å². The molecule has 1 heterocycles. The largest absolute Gasteiger partial charge is 0.387 e. The van der Waals surface area contributed by atoms with E-state index in [1.165, 1.54) is 22.3 Å². The minimum Gasteiger partial charge on any atom is -0.387 e. The van der Waals surface area contributed by atoms with Crippen LogP contribution in [0.25, 0.3) is 0 Å². The highest BCUT2D eigenvalue weighted by Crippen LogP contribution is 2.44. The van der Waals surface area contributed by atoms with E-state index in [0.29, 0.717) is 5.92 Å². The minimum atomic E-state index is 0.118. The van der Waals surface area contributed by atoms with Gasteiger partial charge in [0.1, 0.15) is 0 Å². The van der Waals surface area contributed by atoms with Gasteiger partial charge >= 0.3 is 0 Å². The van der Waals surface area contributed by atoms with Gasteiger partial charge in [-0.2, -0.15) is 0 Å². The van der Waals surface area contributed by atoms with Crippen LogP contribution in [0, 0.1) is 12.8 Å². The summed E-state index contributed by atoms with van der Waals surface area (Å²) in [5.74, 6) is 0.375. The molecule has 0 saturated heterocycles. The first-order valence-electron chi connectivity index (χ1n) is 6.71. The highest BCUT2D eigenvalue weighted by molar-refractivity contribution is 6.03. The summed E-state index contributed by atoms with van der Waals surface area (Å²) in [5, 5.41) is 4.34. The Hall–Kier alpha value is -2.09. The number of nitrogens with zero attached hydrogens (tertiary/aromatic N) is 1. The van der Waals surface area contributed by atoms with Crippen molar-refractivity contribution in [2.75, 3.05) is 0 Å². The molecule has 0 fully saturated rings. The van der Waals surface area contributed by atoms with Crippen LogP contribution in [0.2, 0.25) is 0 Å². The highest BCUT2D eigenvalue weighted by atomic mass is 16.6. The molecule has 2 aromatic rings. The lowest BCUT2D eigenvalue weighted by Gasteiger charge is -2.09. The zero-order chi connectivity index (χ0) is 12.8. The summed E-state index contributed by atoms with van der Waals surface area (Å²) < 4.78 is 0. The molecule has 0 amide bonds. The third kappa shape index (κ3) is 1.60. The molecule has 2 heteroatoms. The second-order valence-corrected chi connectivity index (χ2v) is 5.38. The van der Waals surface area contributed by atoms with E-state index in [0.717, 1.165) is 12.1 Å². The van der Waals surface area contributed by atoms with E-state index in [2.05, 4.69) is 60.6 Å². The fraction of sp³-hybridized carbons (Fsp3) is 0.235. The molecular formula is C17H15NO. The fourth-order valence-corrected chi connectivity index (χ4v) is 3.10. The van der Waals surface area contributed by atoms with E-state index in [4.69, 9.17) is 4.84 Å². The molecule has 4 rings (SSSR count). The Balaban J connectivity index is 1.70. The van der Waals surface area contributed by atoms with Crippen molar-refractivity contribution in [2.45, 2.75) is 19.4 Å². The maximum Gasteiger partial charge on any atom is 0.161 e. The van der Waals surface area contributed by atoms with Crippen LogP contribution in [-0.4, -0.2) is 5.71 Å². The maximum absolute atomic E-state index is 5.69. The maximum atomic E-state index is 5.69. The normalized spacial score (nSPS) is 23.5. The predicted octanol–water partition coefficient (Wildman–Crippen LogP) is 3.64. The lowest BCUT2D eigenvalue weighted by molar-refractivity contribution is 0.0697. The molecule has 0 aromatic heterocycles. The van der Waals surface area contributed by atoms with Crippen LogP contribution in [-0.2, 0) is 11.3 Å². The average Bonchev–Trinajstić information content (AvgIpc) is 2.98. The Kier molecular flexibility index (Phi) is 2.25. The standard InChI is InChI=1S/C17H15NO/c1-11-6-8-12(9-7-11)16-15-10-13-4-2-3-5-14(13)17(15)19-18-16/h2-9,15,17H,10H2,1H3/t15-,17+/m0/s1. The second kappa shape index (κ2) is 3.95. The molecule has 0 N–H and O–H groups in total. The SMILES string of the molecule is Cc1ccc(C2=NO[C@@H]3c4ccccc4C[C@@H]23)cc1. The van der Waals surface area contributed by atoms with Crippen molar-refractivity contribution in [2.24, 2.45) is 11.1 Å². The summed E-state index contributed by atoms with van der Waals surface area (Å²) in [4.78, 5) is 5.69. The van der Waals surface area contributed by atoms with Gasteiger partial charge in [0, 0.05) is 0 Å². The summed E-state index contributed by atoms with van der Waals surface area (Å²) in [6.45, 7) is 2.10. The van der Waals surface area contributed by atoms with Crippen molar-refractivity contribution >= 4 is 5.71 Å². The topological polar surface area (TPSA) is 21.6 Å². The van der Waals surface area contributed by atoms with E-state index in [1.807, 2.05) is 0 Å². The second-order valence-electron chi connectivity index (χ2n) is 5.38. The fourth-order valence-electron chi connectivity index (χ4n) is 3.10. The first kappa shape index (κ1) is 10.8. The summed E-state index contributed by atoms with van der Waals surface area (Å²) >= 11 is 0. The van der Waals surface area contributed by atoms with Crippen molar-refractivity contribution in [3.05, 3.63) is 70.8 Å². The predicted molar refractivity (Wildman–Crippen MR) is 75.2 cm³/mol. The van der Waals surface area contributed by atoms with Crippen LogP contribution < -0.4 is 0 Å².